The topological polar surface area (TPSA) is 76.4 Å². The molecule has 1 aliphatic heterocycles. The number of carbonyl (C=O) groups excluding carboxylic acids is 1. The van der Waals surface area contributed by atoms with Gasteiger partial charge in [-0.25, -0.2) is 9.48 Å². The highest BCUT2D eigenvalue weighted by Crippen LogP contribution is 2.04. The smallest absolute Gasteiger partial charge is 0.320 e. The molecule has 94 valence electrons. The minimum absolute atomic E-state index is 0.0173. The molecule has 0 radical (unpaired) electrons. The van der Waals surface area contributed by atoms with Gasteiger partial charge in [-0.2, -0.15) is 0 Å². The molecule has 2 amide bonds. The fourth-order valence-corrected chi connectivity index (χ4v) is 1.66. The van der Waals surface area contributed by atoms with Gasteiger partial charge >= 0.3 is 6.03 Å². The zero-order valence-corrected chi connectivity index (χ0v) is 10.0. The second-order valence-corrected chi connectivity index (χ2v) is 3.96. The predicted octanol–water partition coefficient (Wildman–Crippen LogP) is -0.906. The maximum Gasteiger partial charge on any atom is 0.320 e. The quantitative estimate of drug-likeness (QED) is 0.669. The highest BCUT2D eigenvalue weighted by atomic mass is 16.5. The predicted molar refractivity (Wildman–Crippen MR) is 58.1 cm³/mol. The Kier molecular flexibility index (Phi) is 3.52. The number of carbonyl (C=O) groups is 1. The van der Waals surface area contributed by atoms with E-state index in [1.165, 1.54) is 0 Å². The van der Waals surface area contributed by atoms with Gasteiger partial charge in [0.2, 0.25) is 0 Å². The van der Waals surface area contributed by atoms with Gasteiger partial charge in [0.15, 0.2) is 5.82 Å². The number of tetrazole rings is 1. The zero-order valence-electron chi connectivity index (χ0n) is 10.0. The third-order valence-corrected chi connectivity index (χ3v) is 2.69. The van der Waals surface area contributed by atoms with Crippen LogP contribution in [-0.4, -0.2) is 69.4 Å². The Balaban J connectivity index is 1.93. The van der Waals surface area contributed by atoms with Crippen molar-refractivity contribution < 1.29 is 9.53 Å². The molecule has 0 atom stereocenters. The molecule has 0 saturated carbocycles. The van der Waals surface area contributed by atoms with Gasteiger partial charge in [0, 0.05) is 27.2 Å². The Morgan fingerprint density at radius 2 is 2.18 bits per heavy atom. The monoisotopic (exact) mass is 240 g/mol. The standard InChI is InChI=1S/C9H16N6O2/c1-13(7-8-10-11-12-14(8)2)9(16)15-3-5-17-6-4-15/h3-7H2,1-2H3. The van der Waals surface area contributed by atoms with Gasteiger partial charge < -0.3 is 14.5 Å². The summed E-state index contributed by atoms with van der Waals surface area (Å²) in [7, 11) is 3.49. The second-order valence-electron chi connectivity index (χ2n) is 3.96. The van der Waals surface area contributed by atoms with Crippen molar-refractivity contribution in [2.45, 2.75) is 6.54 Å². The maximum absolute atomic E-state index is 12.1. The summed E-state index contributed by atoms with van der Waals surface area (Å²) >= 11 is 0. The second kappa shape index (κ2) is 5.09. The van der Waals surface area contributed by atoms with Crippen molar-refractivity contribution in [1.29, 1.82) is 0 Å². The molecule has 0 aromatic carbocycles. The van der Waals surface area contributed by atoms with E-state index in [9.17, 15) is 4.79 Å². The normalized spacial score (nSPS) is 16.0. The van der Waals surface area contributed by atoms with Crippen LogP contribution < -0.4 is 0 Å². The van der Waals surface area contributed by atoms with E-state index in [2.05, 4.69) is 15.5 Å². The molecule has 2 rings (SSSR count). The van der Waals surface area contributed by atoms with Crippen molar-refractivity contribution in [2.24, 2.45) is 7.05 Å². The van der Waals surface area contributed by atoms with E-state index in [1.807, 2.05) is 0 Å². The first-order valence-corrected chi connectivity index (χ1v) is 5.47. The number of ether oxygens (including phenoxy) is 1. The third-order valence-electron chi connectivity index (χ3n) is 2.69. The molecule has 1 aromatic heterocycles. The van der Waals surface area contributed by atoms with E-state index in [-0.39, 0.29) is 6.03 Å². The number of aromatic nitrogens is 4. The first-order chi connectivity index (χ1) is 8.18. The average molecular weight is 240 g/mol. The molecule has 0 N–H and O–H groups in total. The van der Waals surface area contributed by atoms with Crippen molar-refractivity contribution in [1.82, 2.24) is 30.0 Å². The summed E-state index contributed by atoms with van der Waals surface area (Å²) < 4.78 is 6.76. The number of rotatable bonds is 2. The van der Waals surface area contributed by atoms with E-state index in [0.29, 0.717) is 38.7 Å². The molecule has 1 saturated heterocycles. The summed E-state index contributed by atoms with van der Waals surface area (Å²) in [4.78, 5) is 15.4. The summed E-state index contributed by atoms with van der Waals surface area (Å²) in [5.74, 6) is 0.661. The number of urea groups is 1. The van der Waals surface area contributed by atoms with Gasteiger partial charge in [0.1, 0.15) is 0 Å². The maximum atomic E-state index is 12.1. The van der Waals surface area contributed by atoms with E-state index in [1.54, 1.807) is 28.6 Å². The molecule has 8 nitrogen and oxygen atoms in total. The van der Waals surface area contributed by atoms with Crippen molar-refractivity contribution in [3.05, 3.63) is 5.82 Å². The first-order valence-electron chi connectivity index (χ1n) is 5.47. The Morgan fingerprint density at radius 3 is 2.76 bits per heavy atom. The molecule has 17 heavy (non-hydrogen) atoms. The molecule has 0 unspecified atom stereocenters. The molecule has 0 bridgehead atoms. The highest BCUT2D eigenvalue weighted by molar-refractivity contribution is 5.74. The van der Waals surface area contributed by atoms with Crippen LogP contribution in [0, 0.1) is 0 Å². The summed E-state index contributed by atoms with van der Waals surface area (Å²) in [6, 6.07) is -0.0173. The van der Waals surface area contributed by atoms with Crippen LogP contribution in [0.15, 0.2) is 0 Å². The lowest BCUT2D eigenvalue weighted by atomic mass is 10.4. The number of hydrogen-bond donors (Lipinski definition) is 0. The molecule has 1 aliphatic rings. The van der Waals surface area contributed by atoms with Crippen LogP contribution in [0.1, 0.15) is 5.82 Å². The Bertz CT molecular complexity index is 387. The number of amides is 2. The molecule has 1 fully saturated rings. The van der Waals surface area contributed by atoms with Gasteiger partial charge in [0.25, 0.3) is 0 Å². The van der Waals surface area contributed by atoms with E-state index in [4.69, 9.17) is 4.74 Å². The van der Waals surface area contributed by atoms with Crippen molar-refractivity contribution in [3.8, 4) is 0 Å². The van der Waals surface area contributed by atoms with Crippen molar-refractivity contribution in [3.63, 3.8) is 0 Å². The SMILES string of the molecule is CN(Cc1nnnn1C)C(=O)N1CCOCC1. The molecule has 0 spiro atoms. The number of hydrogen-bond acceptors (Lipinski definition) is 5. The average Bonchev–Trinajstić information content (AvgIpc) is 2.75. The molecule has 8 heteroatoms. The Labute approximate surface area is 99.1 Å². The van der Waals surface area contributed by atoms with Gasteiger partial charge in [-0.3, -0.25) is 0 Å². The lowest BCUT2D eigenvalue weighted by Crippen LogP contribution is -2.46. The Hall–Kier alpha value is -1.70. The highest BCUT2D eigenvalue weighted by Gasteiger charge is 2.21. The minimum atomic E-state index is -0.0173. The van der Waals surface area contributed by atoms with Crippen LogP contribution in [0.3, 0.4) is 0 Å². The number of morpholine rings is 1. The van der Waals surface area contributed by atoms with Crippen LogP contribution in [0.2, 0.25) is 0 Å². The van der Waals surface area contributed by atoms with Crippen molar-refractivity contribution in [2.75, 3.05) is 33.4 Å². The lowest BCUT2D eigenvalue weighted by molar-refractivity contribution is 0.0445. The van der Waals surface area contributed by atoms with E-state index < -0.39 is 0 Å². The minimum Gasteiger partial charge on any atom is -0.378 e. The van der Waals surface area contributed by atoms with E-state index in [0.717, 1.165) is 0 Å². The van der Waals surface area contributed by atoms with Crippen LogP contribution in [0.25, 0.3) is 0 Å². The largest absolute Gasteiger partial charge is 0.378 e. The summed E-state index contributed by atoms with van der Waals surface area (Å²) in [5.41, 5.74) is 0. The molecular weight excluding hydrogens is 224 g/mol. The number of aryl methyl sites for hydroxylation is 1. The molecular formula is C9H16N6O2. The number of nitrogens with zero attached hydrogens (tertiary/aromatic N) is 6. The molecule has 2 heterocycles. The summed E-state index contributed by atoms with van der Waals surface area (Å²) in [6.45, 7) is 2.89. The van der Waals surface area contributed by atoms with Crippen LogP contribution in [0.4, 0.5) is 4.79 Å². The fraction of sp³-hybridized carbons (Fsp3) is 0.778. The zero-order chi connectivity index (χ0) is 12.3. The van der Waals surface area contributed by atoms with Crippen molar-refractivity contribution >= 4 is 6.03 Å². The lowest BCUT2D eigenvalue weighted by Gasteiger charge is -2.30. The summed E-state index contributed by atoms with van der Waals surface area (Å²) in [6.07, 6.45) is 0. The van der Waals surface area contributed by atoms with Crippen LogP contribution >= 0.6 is 0 Å². The van der Waals surface area contributed by atoms with Gasteiger partial charge in [0.05, 0.1) is 19.8 Å². The van der Waals surface area contributed by atoms with Gasteiger partial charge in [-0.05, 0) is 10.4 Å². The van der Waals surface area contributed by atoms with E-state index >= 15 is 0 Å². The third kappa shape index (κ3) is 2.70. The summed E-state index contributed by atoms with van der Waals surface area (Å²) in [5, 5.41) is 11.1. The molecule has 0 aliphatic carbocycles. The molecule has 1 aromatic rings. The first kappa shape index (κ1) is 11.8. The van der Waals surface area contributed by atoms with Gasteiger partial charge in [-0.1, -0.05) is 0 Å². The van der Waals surface area contributed by atoms with Gasteiger partial charge in [-0.15, -0.1) is 5.10 Å². The Morgan fingerprint density at radius 1 is 1.47 bits per heavy atom. The van der Waals surface area contributed by atoms with Crippen LogP contribution in [-0.2, 0) is 18.3 Å². The fourth-order valence-electron chi connectivity index (χ4n) is 1.66. The van der Waals surface area contributed by atoms with Crippen LogP contribution in [0.5, 0.6) is 0 Å².